The number of fused-ring (bicyclic) bond motifs is 1. The second kappa shape index (κ2) is 9.66. The van der Waals surface area contributed by atoms with E-state index in [1.807, 2.05) is 18.2 Å². The number of carbonyl (C=O) groups is 2. The van der Waals surface area contributed by atoms with Crippen LogP contribution >= 0.6 is 27.3 Å². The Kier molecular flexibility index (Phi) is 6.73. The van der Waals surface area contributed by atoms with Crippen LogP contribution in [0.2, 0.25) is 0 Å². The molecule has 4 rings (SSSR count). The van der Waals surface area contributed by atoms with E-state index in [1.54, 1.807) is 37.4 Å². The van der Waals surface area contributed by atoms with Crippen molar-refractivity contribution >= 4 is 49.8 Å². The molecular formula is C24H23BrN2O3S. The van der Waals surface area contributed by atoms with Gasteiger partial charge in [0.2, 0.25) is 0 Å². The fourth-order valence-corrected chi connectivity index (χ4v) is 5.50. The van der Waals surface area contributed by atoms with Crippen LogP contribution < -0.4 is 15.4 Å². The summed E-state index contributed by atoms with van der Waals surface area (Å²) in [6.45, 7) is 0. The zero-order valence-corrected chi connectivity index (χ0v) is 19.6. The number of rotatable bonds is 5. The molecule has 0 aliphatic heterocycles. The highest BCUT2D eigenvalue weighted by Crippen LogP contribution is 2.38. The number of aryl methyl sites for hydroxylation is 1. The summed E-state index contributed by atoms with van der Waals surface area (Å²) < 4.78 is 5.90. The number of hydrogen-bond donors (Lipinski definition) is 2. The second-order valence-corrected chi connectivity index (χ2v) is 9.34. The molecule has 1 aromatic heterocycles. The highest BCUT2D eigenvalue weighted by molar-refractivity contribution is 9.10. The summed E-state index contributed by atoms with van der Waals surface area (Å²) in [7, 11) is 1.61. The van der Waals surface area contributed by atoms with Gasteiger partial charge in [0.1, 0.15) is 10.8 Å². The van der Waals surface area contributed by atoms with Crippen molar-refractivity contribution in [3.8, 4) is 5.75 Å². The maximum absolute atomic E-state index is 13.3. The monoisotopic (exact) mass is 498 g/mol. The summed E-state index contributed by atoms with van der Waals surface area (Å²) in [6, 6.07) is 14.5. The fourth-order valence-electron chi connectivity index (χ4n) is 3.75. The van der Waals surface area contributed by atoms with Gasteiger partial charge < -0.3 is 15.4 Å². The SMILES string of the molecule is COc1ccc(NC(=O)c2c(NC(=O)c3ccccc3Br)sc3c2CCCCC3)cc1. The van der Waals surface area contributed by atoms with Crippen molar-refractivity contribution in [3.05, 3.63) is 74.6 Å². The number of thiophene rings is 1. The minimum absolute atomic E-state index is 0.202. The minimum atomic E-state index is -0.234. The molecule has 1 heterocycles. The van der Waals surface area contributed by atoms with Gasteiger partial charge in [0.15, 0.2) is 0 Å². The summed E-state index contributed by atoms with van der Waals surface area (Å²) in [5.74, 6) is 0.290. The van der Waals surface area contributed by atoms with E-state index < -0.39 is 0 Å². The van der Waals surface area contributed by atoms with Gasteiger partial charge >= 0.3 is 0 Å². The number of halogens is 1. The maximum Gasteiger partial charge on any atom is 0.258 e. The Bertz CT molecular complexity index is 1110. The van der Waals surface area contributed by atoms with E-state index in [0.29, 0.717) is 21.8 Å². The first kappa shape index (κ1) is 21.6. The number of amides is 2. The molecule has 0 fully saturated rings. The lowest BCUT2D eigenvalue weighted by atomic mass is 10.0. The van der Waals surface area contributed by atoms with Crippen LogP contribution in [0.3, 0.4) is 0 Å². The summed E-state index contributed by atoms with van der Waals surface area (Å²) in [5.41, 5.74) is 2.86. The molecule has 2 aromatic carbocycles. The maximum atomic E-state index is 13.3. The van der Waals surface area contributed by atoms with E-state index in [1.165, 1.54) is 16.2 Å². The second-order valence-electron chi connectivity index (χ2n) is 7.39. The molecule has 3 aromatic rings. The van der Waals surface area contributed by atoms with Crippen molar-refractivity contribution < 1.29 is 14.3 Å². The third-order valence-corrected chi connectivity index (χ3v) is 7.24. The summed E-state index contributed by atoms with van der Waals surface area (Å²) in [6.07, 6.45) is 5.09. The fraction of sp³-hybridized carbons (Fsp3) is 0.250. The normalized spacial score (nSPS) is 13.1. The molecule has 1 aliphatic carbocycles. The first-order valence-corrected chi connectivity index (χ1v) is 11.8. The molecule has 0 bridgehead atoms. The number of hydrogen-bond acceptors (Lipinski definition) is 4. The van der Waals surface area contributed by atoms with Gasteiger partial charge in [0.05, 0.1) is 18.2 Å². The molecule has 7 heteroatoms. The molecule has 5 nitrogen and oxygen atoms in total. The number of benzene rings is 2. The number of carbonyl (C=O) groups excluding carboxylic acids is 2. The quantitative estimate of drug-likeness (QED) is 0.406. The van der Waals surface area contributed by atoms with E-state index in [0.717, 1.165) is 47.9 Å². The number of methoxy groups -OCH3 is 1. The topological polar surface area (TPSA) is 67.4 Å². The molecule has 2 N–H and O–H groups in total. The molecule has 31 heavy (non-hydrogen) atoms. The summed E-state index contributed by atoms with van der Waals surface area (Å²) >= 11 is 4.96. The van der Waals surface area contributed by atoms with E-state index in [-0.39, 0.29) is 11.8 Å². The Morgan fingerprint density at radius 3 is 2.42 bits per heavy atom. The van der Waals surface area contributed by atoms with Gasteiger partial charge in [-0.25, -0.2) is 0 Å². The predicted molar refractivity (Wildman–Crippen MR) is 129 cm³/mol. The van der Waals surface area contributed by atoms with Gasteiger partial charge in [-0.1, -0.05) is 18.6 Å². The lowest BCUT2D eigenvalue weighted by Crippen LogP contribution is -2.18. The zero-order chi connectivity index (χ0) is 21.8. The van der Waals surface area contributed by atoms with E-state index >= 15 is 0 Å². The average Bonchev–Trinajstić information content (AvgIpc) is 2.95. The van der Waals surface area contributed by atoms with Crippen LogP contribution in [-0.2, 0) is 12.8 Å². The number of nitrogens with one attached hydrogen (secondary N) is 2. The lowest BCUT2D eigenvalue weighted by molar-refractivity contribution is 0.102. The Balaban J connectivity index is 1.66. The van der Waals surface area contributed by atoms with Crippen molar-refractivity contribution in [1.29, 1.82) is 0 Å². The average molecular weight is 499 g/mol. The zero-order valence-electron chi connectivity index (χ0n) is 17.2. The first-order valence-electron chi connectivity index (χ1n) is 10.2. The highest BCUT2D eigenvalue weighted by Gasteiger charge is 2.26. The molecule has 0 saturated carbocycles. The molecule has 0 spiro atoms. The molecule has 160 valence electrons. The Morgan fingerprint density at radius 1 is 0.935 bits per heavy atom. The predicted octanol–water partition coefficient (Wildman–Crippen LogP) is 6.29. The third-order valence-electron chi connectivity index (χ3n) is 5.34. The van der Waals surface area contributed by atoms with Crippen LogP contribution in [0, 0.1) is 0 Å². The van der Waals surface area contributed by atoms with Gasteiger partial charge in [-0.15, -0.1) is 11.3 Å². The molecule has 2 amide bonds. The molecule has 0 unspecified atom stereocenters. The van der Waals surface area contributed by atoms with Gasteiger partial charge in [-0.3, -0.25) is 9.59 Å². The van der Waals surface area contributed by atoms with Crippen LogP contribution in [0.4, 0.5) is 10.7 Å². The van der Waals surface area contributed by atoms with E-state index in [4.69, 9.17) is 4.74 Å². The smallest absolute Gasteiger partial charge is 0.258 e. The highest BCUT2D eigenvalue weighted by atomic mass is 79.9. The third kappa shape index (κ3) is 4.83. The standard InChI is InChI=1S/C24H23BrN2O3S/c1-30-16-13-11-15(12-14-16)26-23(29)21-18-8-3-2-4-10-20(18)31-24(21)27-22(28)17-7-5-6-9-19(17)25/h5-7,9,11-14H,2-4,8,10H2,1H3,(H,26,29)(H,27,28). The van der Waals surface area contributed by atoms with Crippen LogP contribution in [0.1, 0.15) is 50.4 Å². The molecule has 0 radical (unpaired) electrons. The van der Waals surface area contributed by atoms with Crippen molar-refractivity contribution in [2.24, 2.45) is 0 Å². The van der Waals surface area contributed by atoms with Crippen LogP contribution in [-0.4, -0.2) is 18.9 Å². The Hall–Kier alpha value is -2.64. The summed E-state index contributed by atoms with van der Waals surface area (Å²) in [5, 5.41) is 6.59. The number of anilines is 2. The van der Waals surface area contributed by atoms with Gasteiger partial charge in [0, 0.05) is 15.0 Å². The van der Waals surface area contributed by atoms with E-state index in [9.17, 15) is 9.59 Å². The van der Waals surface area contributed by atoms with Crippen LogP contribution in [0.25, 0.3) is 0 Å². The molecule has 0 saturated heterocycles. The Labute approximate surface area is 194 Å². The Morgan fingerprint density at radius 2 is 1.68 bits per heavy atom. The summed E-state index contributed by atoms with van der Waals surface area (Å²) in [4.78, 5) is 27.5. The molecule has 1 aliphatic rings. The minimum Gasteiger partial charge on any atom is -0.497 e. The van der Waals surface area contributed by atoms with Crippen LogP contribution in [0.15, 0.2) is 53.0 Å². The van der Waals surface area contributed by atoms with Gasteiger partial charge in [-0.2, -0.15) is 0 Å². The number of ether oxygens (including phenoxy) is 1. The molecule has 0 atom stereocenters. The van der Waals surface area contributed by atoms with Crippen molar-refractivity contribution in [2.45, 2.75) is 32.1 Å². The van der Waals surface area contributed by atoms with Crippen LogP contribution in [0.5, 0.6) is 5.75 Å². The van der Waals surface area contributed by atoms with Gasteiger partial charge in [-0.05, 0) is 83.6 Å². The van der Waals surface area contributed by atoms with Crippen molar-refractivity contribution in [1.82, 2.24) is 0 Å². The largest absolute Gasteiger partial charge is 0.497 e. The first-order chi connectivity index (χ1) is 15.1. The van der Waals surface area contributed by atoms with Gasteiger partial charge in [0.25, 0.3) is 11.8 Å². The van der Waals surface area contributed by atoms with Crippen molar-refractivity contribution in [3.63, 3.8) is 0 Å². The lowest BCUT2D eigenvalue weighted by Gasteiger charge is -2.11. The molecular weight excluding hydrogens is 476 g/mol. The van der Waals surface area contributed by atoms with E-state index in [2.05, 4.69) is 26.6 Å². The van der Waals surface area contributed by atoms with Crippen molar-refractivity contribution in [2.75, 3.05) is 17.7 Å².